The topological polar surface area (TPSA) is 58.6 Å². The quantitative estimate of drug-likeness (QED) is 0.925. The highest BCUT2D eigenvalue weighted by molar-refractivity contribution is 9.10. The zero-order valence-electron chi connectivity index (χ0n) is 9.62. The Morgan fingerprint density at radius 2 is 2.24 bits per heavy atom. The second-order valence-electron chi connectivity index (χ2n) is 3.67. The summed E-state index contributed by atoms with van der Waals surface area (Å²) >= 11 is 3.39. The number of aryl methyl sites for hydroxylation is 1. The van der Waals surface area contributed by atoms with Gasteiger partial charge in [0.1, 0.15) is 5.69 Å². The number of rotatable bonds is 2. The zero-order chi connectivity index (χ0) is 12.4. The maximum absolute atomic E-state index is 11.8. The summed E-state index contributed by atoms with van der Waals surface area (Å²) in [4.78, 5) is 23.2. The molecular formula is C12H12BrN3O. The van der Waals surface area contributed by atoms with Crippen LogP contribution in [-0.2, 0) is 6.42 Å². The molecule has 17 heavy (non-hydrogen) atoms. The summed E-state index contributed by atoms with van der Waals surface area (Å²) in [6.07, 6.45) is 2.35. The molecule has 5 heteroatoms. The Labute approximate surface area is 107 Å². The number of H-pyrrole nitrogens is 1. The largest absolute Gasteiger partial charge is 0.305 e. The van der Waals surface area contributed by atoms with Crippen LogP contribution in [0.1, 0.15) is 18.2 Å². The summed E-state index contributed by atoms with van der Waals surface area (Å²) in [6.45, 7) is 3.78. The Bertz CT molecular complexity index is 607. The molecule has 0 aliphatic rings. The van der Waals surface area contributed by atoms with E-state index in [-0.39, 0.29) is 5.56 Å². The van der Waals surface area contributed by atoms with Gasteiger partial charge in [0.05, 0.1) is 0 Å². The molecule has 0 aromatic carbocycles. The van der Waals surface area contributed by atoms with Crippen LogP contribution in [0, 0.1) is 6.92 Å². The van der Waals surface area contributed by atoms with Gasteiger partial charge in [-0.05, 0) is 41.4 Å². The average molecular weight is 294 g/mol. The molecule has 0 fully saturated rings. The normalized spacial score (nSPS) is 10.5. The minimum Gasteiger partial charge on any atom is -0.305 e. The minimum absolute atomic E-state index is 0.0902. The third kappa shape index (κ3) is 2.29. The van der Waals surface area contributed by atoms with Gasteiger partial charge in [0.15, 0.2) is 5.82 Å². The van der Waals surface area contributed by atoms with E-state index in [1.165, 1.54) is 0 Å². The Hall–Kier alpha value is -1.49. The summed E-state index contributed by atoms with van der Waals surface area (Å²) < 4.78 is 0.812. The van der Waals surface area contributed by atoms with E-state index < -0.39 is 0 Å². The van der Waals surface area contributed by atoms with Crippen molar-refractivity contribution in [3.63, 3.8) is 0 Å². The van der Waals surface area contributed by atoms with E-state index in [9.17, 15) is 4.79 Å². The number of halogens is 1. The lowest BCUT2D eigenvalue weighted by molar-refractivity contribution is 0.960. The van der Waals surface area contributed by atoms with Crippen LogP contribution < -0.4 is 5.56 Å². The Kier molecular flexibility index (Phi) is 3.38. The van der Waals surface area contributed by atoms with Crippen LogP contribution in [0.4, 0.5) is 0 Å². The smallest absolute Gasteiger partial charge is 0.254 e. The molecule has 0 atom stereocenters. The van der Waals surface area contributed by atoms with Gasteiger partial charge in [0, 0.05) is 21.9 Å². The van der Waals surface area contributed by atoms with E-state index in [1.807, 2.05) is 26.0 Å². The molecule has 0 bridgehead atoms. The second kappa shape index (κ2) is 4.79. The molecule has 0 spiro atoms. The third-order valence-electron chi connectivity index (χ3n) is 2.56. The molecule has 2 aromatic heterocycles. The summed E-state index contributed by atoms with van der Waals surface area (Å²) in [5, 5.41) is 0. The highest BCUT2D eigenvalue weighted by atomic mass is 79.9. The average Bonchev–Trinajstić information content (AvgIpc) is 2.29. The van der Waals surface area contributed by atoms with Crippen molar-refractivity contribution in [2.75, 3.05) is 0 Å². The first-order valence-corrected chi connectivity index (χ1v) is 6.13. The van der Waals surface area contributed by atoms with Crippen molar-refractivity contribution >= 4 is 15.9 Å². The maximum Gasteiger partial charge on any atom is 0.254 e. The van der Waals surface area contributed by atoms with Crippen LogP contribution >= 0.6 is 15.9 Å². The van der Waals surface area contributed by atoms with Gasteiger partial charge in [-0.2, -0.15) is 0 Å². The van der Waals surface area contributed by atoms with Crippen molar-refractivity contribution in [3.05, 3.63) is 44.4 Å². The lowest BCUT2D eigenvalue weighted by atomic mass is 10.2. The van der Waals surface area contributed by atoms with Crippen molar-refractivity contribution in [2.45, 2.75) is 20.3 Å². The van der Waals surface area contributed by atoms with Crippen molar-refractivity contribution in [1.82, 2.24) is 15.0 Å². The van der Waals surface area contributed by atoms with Crippen LogP contribution in [0.3, 0.4) is 0 Å². The summed E-state index contributed by atoms with van der Waals surface area (Å²) in [5.74, 6) is 0.497. The number of aromatic nitrogens is 3. The molecule has 0 amide bonds. The fourth-order valence-electron chi connectivity index (χ4n) is 1.70. The highest BCUT2D eigenvalue weighted by Crippen LogP contribution is 2.22. The summed E-state index contributed by atoms with van der Waals surface area (Å²) in [7, 11) is 0. The highest BCUT2D eigenvalue weighted by Gasteiger charge is 2.10. The van der Waals surface area contributed by atoms with Gasteiger partial charge < -0.3 is 4.98 Å². The molecule has 88 valence electrons. The molecule has 0 saturated carbocycles. The van der Waals surface area contributed by atoms with E-state index in [1.54, 1.807) is 6.20 Å². The first kappa shape index (κ1) is 12.0. The van der Waals surface area contributed by atoms with E-state index >= 15 is 0 Å². The molecule has 2 rings (SSSR count). The van der Waals surface area contributed by atoms with Crippen molar-refractivity contribution in [2.24, 2.45) is 0 Å². The molecule has 0 aliphatic heterocycles. The van der Waals surface area contributed by atoms with Gasteiger partial charge in [0.25, 0.3) is 5.56 Å². The zero-order valence-corrected chi connectivity index (χ0v) is 11.2. The van der Waals surface area contributed by atoms with Crippen molar-refractivity contribution in [1.29, 1.82) is 0 Å². The molecular weight excluding hydrogens is 282 g/mol. The fourth-order valence-corrected chi connectivity index (χ4v) is 2.14. The fraction of sp³-hybridized carbons (Fsp3) is 0.250. The van der Waals surface area contributed by atoms with Crippen LogP contribution in [0.25, 0.3) is 11.5 Å². The Balaban J connectivity index is 2.63. The lowest BCUT2D eigenvalue weighted by Gasteiger charge is -2.06. The number of aromatic amines is 1. The van der Waals surface area contributed by atoms with Crippen molar-refractivity contribution < 1.29 is 0 Å². The van der Waals surface area contributed by atoms with Crippen LogP contribution in [0.5, 0.6) is 0 Å². The van der Waals surface area contributed by atoms with Crippen molar-refractivity contribution in [3.8, 4) is 11.5 Å². The third-order valence-corrected chi connectivity index (χ3v) is 3.20. The van der Waals surface area contributed by atoms with Gasteiger partial charge in [-0.1, -0.05) is 6.92 Å². The van der Waals surface area contributed by atoms with Gasteiger partial charge in [-0.3, -0.25) is 9.78 Å². The first-order chi connectivity index (χ1) is 8.13. The predicted octanol–water partition coefficient (Wildman–Crippen LogP) is 2.47. The molecule has 4 nitrogen and oxygen atoms in total. The monoisotopic (exact) mass is 293 g/mol. The number of nitrogens with one attached hydrogen (secondary N) is 1. The summed E-state index contributed by atoms with van der Waals surface area (Å²) in [6, 6.07) is 3.68. The number of hydrogen-bond acceptors (Lipinski definition) is 3. The van der Waals surface area contributed by atoms with Crippen LogP contribution in [-0.4, -0.2) is 15.0 Å². The van der Waals surface area contributed by atoms with Gasteiger partial charge in [-0.15, -0.1) is 0 Å². The molecule has 1 N–H and O–H groups in total. The van der Waals surface area contributed by atoms with Gasteiger partial charge >= 0.3 is 0 Å². The van der Waals surface area contributed by atoms with Crippen LogP contribution in [0.2, 0.25) is 0 Å². The first-order valence-electron chi connectivity index (χ1n) is 5.34. The van der Waals surface area contributed by atoms with Crippen LogP contribution in [0.15, 0.2) is 27.6 Å². The molecule has 0 radical (unpaired) electrons. The van der Waals surface area contributed by atoms with Gasteiger partial charge in [0.2, 0.25) is 0 Å². The Morgan fingerprint density at radius 1 is 1.47 bits per heavy atom. The maximum atomic E-state index is 11.8. The van der Waals surface area contributed by atoms with E-state index in [0.29, 0.717) is 17.9 Å². The molecule has 0 saturated heterocycles. The number of hydrogen-bond donors (Lipinski definition) is 1. The van der Waals surface area contributed by atoms with E-state index in [4.69, 9.17) is 0 Å². The molecule has 0 aliphatic carbocycles. The Morgan fingerprint density at radius 3 is 2.82 bits per heavy atom. The van der Waals surface area contributed by atoms with E-state index in [0.717, 1.165) is 15.7 Å². The SMILES string of the molecule is CCc1c(C)nc(-c2ncccc2Br)[nH]c1=O. The minimum atomic E-state index is -0.0902. The standard InChI is InChI=1S/C12H12BrN3O/c1-3-8-7(2)15-11(16-12(8)17)10-9(13)5-4-6-14-10/h4-6H,3H2,1-2H3,(H,15,16,17). The van der Waals surface area contributed by atoms with E-state index in [2.05, 4.69) is 30.9 Å². The molecule has 2 heterocycles. The number of nitrogens with zero attached hydrogens (tertiary/aromatic N) is 2. The number of pyridine rings is 1. The lowest BCUT2D eigenvalue weighted by Crippen LogP contribution is -2.17. The molecule has 2 aromatic rings. The van der Waals surface area contributed by atoms with Gasteiger partial charge in [-0.25, -0.2) is 4.98 Å². The predicted molar refractivity (Wildman–Crippen MR) is 69.9 cm³/mol. The summed E-state index contributed by atoms with van der Waals surface area (Å²) in [5.41, 5.74) is 2.03. The molecule has 0 unspecified atom stereocenters. The second-order valence-corrected chi connectivity index (χ2v) is 4.52.